The van der Waals surface area contributed by atoms with Crippen molar-refractivity contribution in [2.45, 2.75) is 44.6 Å². The van der Waals surface area contributed by atoms with Crippen LogP contribution < -0.4 is 11.1 Å². The molecule has 0 bridgehead atoms. The standard InChI is InChI=1S/C14H17N3OS/c1-14(16,8-5-6-8)13(18)17-12-10(7-15)9-3-2-4-11(9)19-12/h8H,2-6,16H2,1H3,(H,17,18). The zero-order chi connectivity index (χ0) is 13.6. The minimum atomic E-state index is -0.818. The number of carbonyl (C=O) groups is 1. The molecule has 2 aliphatic rings. The number of nitrogens with two attached hydrogens (primary N) is 1. The van der Waals surface area contributed by atoms with Gasteiger partial charge in [-0.1, -0.05) is 0 Å². The van der Waals surface area contributed by atoms with Crippen molar-refractivity contribution in [2.75, 3.05) is 5.32 Å². The van der Waals surface area contributed by atoms with Crippen LogP contribution in [0.15, 0.2) is 0 Å². The summed E-state index contributed by atoms with van der Waals surface area (Å²) in [5, 5.41) is 12.9. The van der Waals surface area contributed by atoms with Crippen molar-refractivity contribution in [1.29, 1.82) is 5.26 Å². The highest BCUT2D eigenvalue weighted by molar-refractivity contribution is 7.16. The summed E-state index contributed by atoms with van der Waals surface area (Å²) in [6.45, 7) is 1.79. The minimum Gasteiger partial charge on any atom is -0.317 e. The molecule has 1 fully saturated rings. The van der Waals surface area contributed by atoms with Crippen molar-refractivity contribution in [1.82, 2.24) is 0 Å². The number of nitrogens with one attached hydrogen (secondary N) is 1. The maximum atomic E-state index is 12.3. The predicted molar refractivity (Wildman–Crippen MR) is 75.0 cm³/mol. The van der Waals surface area contributed by atoms with Crippen LogP contribution in [0, 0.1) is 17.2 Å². The summed E-state index contributed by atoms with van der Waals surface area (Å²) in [6, 6.07) is 2.23. The maximum absolute atomic E-state index is 12.3. The number of nitriles is 1. The van der Waals surface area contributed by atoms with Crippen LogP contribution in [0.4, 0.5) is 5.00 Å². The van der Waals surface area contributed by atoms with E-state index < -0.39 is 5.54 Å². The highest BCUT2D eigenvalue weighted by Crippen LogP contribution is 2.41. The van der Waals surface area contributed by atoms with Gasteiger partial charge >= 0.3 is 0 Å². The van der Waals surface area contributed by atoms with Gasteiger partial charge in [-0.25, -0.2) is 0 Å². The average Bonchev–Trinajstić information content (AvgIpc) is 3.05. The molecule has 0 aromatic carbocycles. The maximum Gasteiger partial charge on any atom is 0.245 e. The van der Waals surface area contributed by atoms with Crippen molar-refractivity contribution in [3.63, 3.8) is 0 Å². The van der Waals surface area contributed by atoms with Gasteiger partial charge in [0.1, 0.15) is 11.1 Å². The minimum absolute atomic E-state index is 0.161. The second-order valence-corrected chi connectivity index (χ2v) is 6.79. The molecule has 0 aliphatic heterocycles. The van der Waals surface area contributed by atoms with Crippen LogP contribution in [0.2, 0.25) is 0 Å². The van der Waals surface area contributed by atoms with Crippen molar-refractivity contribution >= 4 is 22.2 Å². The predicted octanol–water partition coefficient (Wildman–Crippen LogP) is 2.17. The molecule has 0 spiro atoms. The lowest BCUT2D eigenvalue weighted by Gasteiger charge is -2.22. The number of fused-ring (bicyclic) bond motifs is 1. The number of hydrogen-bond acceptors (Lipinski definition) is 4. The summed E-state index contributed by atoms with van der Waals surface area (Å²) >= 11 is 1.54. The first-order valence-corrected chi connectivity index (χ1v) is 7.50. The molecular formula is C14H17N3OS. The van der Waals surface area contributed by atoms with Gasteiger partial charge in [-0.05, 0) is 50.5 Å². The third-order valence-corrected chi connectivity index (χ3v) is 5.38. The zero-order valence-electron chi connectivity index (χ0n) is 11.0. The number of thiophene rings is 1. The monoisotopic (exact) mass is 275 g/mol. The van der Waals surface area contributed by atoms with Crippen LogP contribution in [0.3, 0.4) is 0 Å². The van der Waals surface area contributed by atoms with Crippen LogP contribution in [-0.2, 0) is 17.6 Å². The molecule has 0 saturated heterocycles. The Labute approximate surface area is 116 Å². The molecule has 100 valence electrons. The van der Waals surface area contributed by atoms with E-state index in [0.717, 1.165) is 37.7 Å². The van der Waals surface area contributed by atoms with Crippen LogP contribution in [-0.4, -0.2) is 11.4 Å². The summed E-state index contributed by atoms with van der Waals surface area (Å²) in [7, 11) is 0. The number of amides is 1. The molecule has 1 unspecified atom stereocenters. The van der Waals surface area contributed by atoms with Gasteiger partial charge in [0.25, 0.3) is 0 Å². The Bertz CT molecular complexity index is 578. The first-order chi connectivity index (χ1) is 9.04. The molecule has 0 radical (unpaired) electrons. The van der Waals surface area contributed by atoms with E-state index in [1.165, 1.54) is 16.2 Å². The molecule has 3 N–H and O–H groups in total. The number of anilines is 1. The SMILES string of the molecule is CC(N)(C(=O)Nc1sc2c(c1C#N)CCC2)C1CC1. The summed E-state index contributed by atoms with van der Waals surface area (Å²) in [5.74, 6) is 0.122. The molecule has 3 rings (SSSR count). The van der Waals surface area contributed by atoms with E-state index in [9.17, 15) is 10.1 Å². The topological polar surface area (TPSA) is 78.9 Å². The summed E-state index contributed by atoms with van der Waals surface area (Å²) in [4.78, 5) is 13.5. The van der Waals surface area contributed by atoms with Crippen molar-refractivity contribution < 1.29 is 4.79 Å². The molecule has 1 aromatic heterocycles. The molecule has 1 atom stereocenters. The Morgan fingerprint density at radius 3 is 2.89 bits per heavy atom. The van der Waals surface area contributed by atoms with Crippen LogP contribution in [0.25, 0.3) is 0 Å². The third-order valence-electron chi connectivity index (χ3n) is 4.17. The number of hydrogen-bond donors (Lipinski definition) is 2. The number of nitrogens with zero attached hydrogens (tertiary/aromatic N) is 1. The Morgan fingerprint density at radius 2 is 2.26 bits per heavy atom. The zero-order valence-corrected chi connectivity index (χ0v) is 11.8. The van der Waals surface area contributed by atoms with Gasteiger partial charge in [0, 0.05) is 4.88 Å². The van der Waals surface area contributed by atoms with Gasteiger partial charge in [-0.2, -0.15) is 5.26 Å². The summed E-state index contributed by atoms with van der Waals surface area (Å²) in [5.41, 5.74) is 7.07. The highest BCUT2D eigenvalue weighted by Gasteiger charge is 2.44. The fraction of sp³-hybridized carbons (Fsp3) is 0.571. The number of rotatable bonds is 3. The van der Waals surface area contributed by atoms with Gasteiger partial charge in [0.05, 0.1) is 11.1 Å². The van der Waals surface area contributed by atoms with Gasteiger partial charge in [-0.3, -0.25) is 4.79 Å². The average molecular weight is 275 g/mol. The summed E-state index contributed by atoms with van der Waals surface area (Å²) in [6.07, 6.45) is 5.12. The first-order valence-electron chi connectivity index (χ1n) is 6.69. The molecule has 2 aliphatic carbocycles. The van der Waals surface area contributed by atoms with E-state index in [1.54, 1.807) is 6.92 Å². The van der Waals surface area contributed by atoms with E-state index >= 15 is 0 Å². The van der Waals surface area contributed by atoms with Crippen LogP contribution in [0.5, 0.6) is 0 Å². The van der Waals surface area contributed by atoms with Gasteiger partial charge in [0.2, 0.25) is 5.91 Å². The van der Waals surface area contributed by atoms with E-state index in [2.05, 4.69) is 11.4 Å². The van der Waals surface area contributed by atoms with E-state index in [4.69, 9.17) is 5.73 Å². The smallest absolute Gasteiger partial charge is 0.245 e. The Kier molecular flexibility index (Phi) is 2.88. The molecule has 1 heterocycles. The quantitative estimate of drug-likeness (QED) is 0.887. The molecule has 1 amide bonds. The lowest BCUT2D eigenvalue weighted by Crippen LogP contribution is -2.50. The van der Waals surface area contributed by atoms with E-state index in [1.807, 2.05) is 0 Å². The van der Waals surface area contributed by atoms with E-state index in [-0.39, 0.29) is 11.8 Å². The molecule has 19 heavy (non-hydrogen) atoms. The Hall–Kier alpha value is -1.38. The van der Waals surface area contributed by atoms with Gasteiger partial charge in [0.15, 0.2) is 0 Å². The summed E-state index contributed by atoms with van der Waals surface area (Å²) < 4.78 is 0. The fourth-order valence-corrected chi connectivity index (χ4v) is 3.95. The van der Waals surface area contributed by atoms with Crippen molar-refractivity contribution in [3.8, 4) is 6.07 Å². The second-order valence-electron chi connectivity index (χ2n) is 5.68. The Balaban J connectivity index is 1.84. The third kappa shape index (κ3) is 2.05. The number of aryl methyl sites for hydroxylation is 1. The normalized spacial score (nSPS) is 20.5. The molecular weight excluding hydrogens is 258 g/mol. The van der Waals surface area contributed by atoms with Crippen LogP contribution in [0.1, 0.15) is 42.2 Å². The molecule has 4 nitrogen and oxygen atoms in total. The highest BCUT2D eigenvalue weighted by atomic mass is 32.1. The molecule has 1 saturated carbocycles. The molecule has 5 heteroatoms. The van der Waals surface area contributed by atoms with Crippen molar-refractivity contribution in [3.05, 3.63) is 16.0 Å². The Morgan fingerprint density at radius 1 is 1.53 bits per heavy atom. The van der Waals surface area contributed by atoms with E-state index in [0.29, 0.717) is 10.6 Å². The van der Waals surface area contributed by atoms with Crippen LogP contribution >= 0.6 is 11.3 Å². The van der Waals surface area contributed by atoms with Gasteiger partial charge < -0.3 is 11.1 Å². The fourth-order valence-electron chi connectivity index (χ4n) is 2.72. The first kappa shape index (κ1) is 12.6. The lowest BCUT2D eigenvalue weighted by molar-refractivity contribution is -0.121. The number of carbonyl (C=O) groups excluding carboxylic acids is 1. The largest absolute Gasteiger partial charge is 0.317 e. The second kappa shape index (κ2) is 4.32. The lowest BCUT2D eigenvalue weighted by atomic mass is 9.96. The molecule has 1 aromatic rings. The van der Waals surface area contributed by atoms with Crippen molar-refractivity contribution in [2.24, 2.45) is 11.7 Å². The van der Waals surface area contributed by atoms with Gasteiger partial charge in [-0.15, -0.1) is 11.3 Å².